The molecule has 1 aromatic heterocycles. The molecular formula is C17H25N5. The van der Waals surface area contributed by atoms with Crippen molar-refractivity contribution in [2.75, 3.05) is 19.6 Å². The van der Waals surface area contributed by atoms with Gasteiger partial charge in [-0.3, -0.25) is 0 Å². The maximum absolute atomic E-state index is 5.82. The summed E-state index contributed by atoms with van der Waals surface area (Å²) in [6.07, 6.45) is 4.60. The summed E-state index contributed by atoms with van der Waals surface area (Å²) in [4.78, 5) is 2.50. The molecule has 0 atom stereocenters. The summed E-state index contributed by atoms with van der Waals surface area (Å²) in [7, 11) is 0. The second kappa shape index (κ2) is 7.51. The predicted molar refractivity (Wildman–Crippen MR) is 87.4 cm³/mol. The zero-order valence-electron chi connectivity index (χ0n) is 13.1. The molecule has 0 bridgehead atoms. The fourth-order valence-corrected chi connectivity index (χ4v) is 3.13. The van der Waals surface area contributed by atoms with Crippen molar-refractivity contribution in [3.63, 3.8) is 0 Å². The Bertz CT molecular complexity index is 572. The molecule has 22 heavy (non-hydrogen) atoms. The maximum Gasteiger partial charge on any atom is 0.0994 e. The lowest BCUT2D eigenvalue weighted by Crippen LogP contribution is -2.25. The highest BCUT2D eigenvalue weighted by Gasteiger charge is 2.15. The van der Waals surface area contributed by atoms with E-state index >= 15 is 0 Å². The van der Waals surface area contributed by atoms with Crippen LogP contribution in [0.3, 0.4) is 0 Å². The first-order valence-corrected chi connectivity index (χ1v) is 8.24. The third kappa shape index (κ3) is 3.72. The van der Waals surface area contributed by atoms with Crippen molar-refractivity contribution in [2.45, 2.75) is 38.8 Å². The Hall–Kier alpha value is -1.72. The molecule has 1 fully saturated rings. The van der Waals surface area contributed by atoms with Crippen LogP contribution in [-0.2, 0) is 25.9 Å². The number of hydrogen-bond donors (Lipinski definition) is 1. The molecule has 5 heteroatoms. The van der Waals surface area contributed by atoms with Gasteiger partial charge in [-0.2, -0.15) is 0 Å². The van der Waals surface area contributed by atoms with E-state index in [2.05, 4.69) is 50.2 Å². The first-order valence-electron chi connectivity index (χ1n) is 8.24. The summed E-state index contributed by atoms with van der Waals surface area (Å²) in [6, 6.07) is 10.6. The van der Waals surface area contributed by atoms with Gasteiger partial charge in [0.1, 0.15) is 0 Å². The van der Waals surface area contributed by atoms with Gasteiger partial charge < -0.3 is 10.6 Å². The molecule has 0 spiro atoms. The van der Waals surface area contributed by atoms with E-state index in [9.17, 15) is 0 Å². The van der Waals surface area contributed by atoms with Crippen molar-refractivity contribution in [1.29, 1.82) is 0 Å². The van der Waals surface area contributed by atoms with Crippen molar-refractivity contribution in [1.82, 2.24) is 19.9 Å². The van der Waals surface area contributed by atoms with Gasteiger partial charge >= 0.3 is 0 Å². The average Bonchev–Trinajstić information content (AvgIpc) is 3.21. The van der Waals surface area contributed by atoms with Crippen LogP contribution in [0.1, 0.15) is 29.8 Å². The molecule has 0 unspecified atom stereocenters. The van der Waals surface area contributed by atoms with E-state index in [1.54, 1.807) is 0 Å². The van der Waals surface area contributed by atoms with Crippen LogP contribution in [0, 0.1) is 0 Å². The molecule has 0 radical (unpaired) electrons. The zero-order valence-corrected chi connectivity index (χ0v) is 13.1. The molecule has 3 rings (SSSR count). The number of nitrogens with two attached hydrogens (primary N) is 1. The summed E-state index contributed by atoms with van der Waals surface area (Å²) in [5.41, 5.74) is 9.31. The smallest absolute Gasteiger partial charge is 0.0994 e. The Labute approximate surface area is 132 Å². The van der Waals surface area contributed by atoms with Gasteiger partial charge in [0.05, 0.1) is 17.9 Å². The second-order valence-electron chi connectivity index (χ2n) is 5.94. The molecule has 2 heterocycles. The van der Waals surface area contributed by atoms with Crippen LogP contribution in [0.4, 0.5) is 0 Å². The number of likely N-dealkylation sites (tertiary alicyclic amines) is 1. The van der Waals surface area contributed by atoms with E-state index in [0.717, 1.165) is 31.6 Å². The highest BCUT2D eigenvalue weighted by atomic mass is 15.4. The molecule has 1 aromatic carbocycles. The highest BCUT2D eigenvalue weighted by molar-refractivity contribution is 5.18. The summed E-state index contributed by atoms with van der Waals surface area (Å²) >= 11 is 0. The monoisotopic (exact) mass is 299 g/mol. The van der Waals surface area contributed by atoms with Crippen LogP contribution in [0.5, 0.6) is 0 Å². The van der Waals surface area contributed by atoms with Gasteiger partial charge in [-0.05, 0) is 44.3 Å². The first-order chi connectivity index (χ1) is 10.9. The first kappa shape index (κ1) is 15.2. The minimum atomic E-state index is 0.466. The normalized spacial score (nSPS) is 15.5. The summed E-state index contributed by atoms with van der Waals surface area (Å²) < 4.78 is 2.06. The number of aromatic nitrogens is 3. The molecule has 1 saturated heterocycles. The molecule has 0 aliphatic carbocycles. The molecule has 1 aliphatic rings. The van der Waals surface area contributed by atoms with Crippen molar-refractivity contribution in [3.8, 4) is 0 Å². The molecule has 118 valence electrons. The molecule has 0 amide bonds. The second-order valence-corrected chi connectivity index (χ2v) is 5.94. The number of hydrogen-bond acceptors (Lipinski definition) is 4. The van der Waals surface area contributed by atoms with Crippen LogP contribution in [0.15, 0.2) is 30.3 Å². The lowest BCUT2D eigenvalue weighted by atomic mass is 10.1. The van der Waals surface area contributed by atoms with Crippen molar-refractivity contribution >= 4 is 0 Å². The Morgan fingerprint density at radius 1 is 1.00 bits per heavy atom. The Morgan fingerprint density at radius 2 is 1.77 bits per heavy atom. The number of aryl methyl sites for hydroxylation is 1. The molecule has 2 aromatic rings. The van der Waals surface area contributed by atoms with Crippen LogP contribution >= 0.6 is 0 Å². The van der Waals surface area contributed by atoms with Gasteiger partial charge in [-0.1, -0.05) is 35.5 Å². The third-order valence-electron chi connectivity index (χ3n) is 4.43. The van der Waals surface area contributed by atoms with Gasteiger partial charge in [0, 0.05) is 13.1 Å². The van der Waals surface area contributed by atoms with Crippen LogP contribution in [-0.4, -0.2) is 39.5 Å². The number of benzene rings is 1. The van der Waals surface area contributed by atoms with Crippen LogP contribution < -0.4 is 5.73 Å². The Kier molecular flexibility index (Phi) is 5.19. The average molecular weight is 299 g/mol. The van der Waals surface area contributed by atoms with Crippen LogP contribution in [0.2, 0.25) is 0 Å². The highest BCUT2D eigenvalue weighted by Crippen LogP contribution is 2.12. The summed E-state index contributed by atoms with van der Waals surface area (Å²) in [6.45, 7) is 4.88. The van der Waals surface area contributed by atoms with E-state index in [0.29, 0.717) is 6.54 Å². The molecular weight excluding hydrogens is 274 g/mol. The quantitative estimate of drug-likeness (QED) is 0.844. The SMILES string of the molecule is NCc1nnn(CCN2CCCC2)c1CCc1ccccc1. The van der Waals surface area contributed by atoms with Crippen LogP contribution in [0.25, 0.3) is 0 Å². The topological polar surface area (TPSA) is 60.0 Å². The van der Waals surface area contributed by atoms with Gasteiger partial charge in [0.15, 0.2) is 0 Å². The fraction of sp³-hybridized carbons (Fsp3) is 0.529. The zero-order chi connectivity index (χ0) is 15.2. The molecule has 5 nitrogen and oxygen atoms in total. The minimum Gasteiger partial charge on any atom is -0.325 e. The molecule has 0 saturated carbocycles. The van der Waals surface area contributed by atoms with Gasteiger partial charge in [0.2, 0.25) is 0 Å². The standard InChI is InChI=1S/C17H25N5/c18-14-16-17(9-8-15-6-2-1-3-7-15)22(20-19-16)13-12-21-10-4-5-11-21/h1-3,6-7H,4-5,8-14,18H2. The van der Waals surface area contributed by atoms with E-state index in [1.807, 2.05) is 0 Å². The summed E-state index contributed by atoms with van der Waals surface area (Å²) in [5, 5.41) is 8.58. The van der Waals surface area contributed by atoms with E-state index in [1.165, 1.54) is 37.2 Å². The molecule has 1 aliphatic heterocycles. The van der Waals surface area contributed by atoms with Crippen molar-refractivity contribution in [2.24, 2.45) is 5.73 Å². The molecule has 2 N–H and O–H groups in total. The Balaban J connectivity index is 1.64. The lowest BCUT2D eigenvalue weighted by Gasteiger charge is -2.15. The van der Waals surface area contributed by atoms with E-state index in [-0.39, 0.29) is 0 Å². The largest absolute Gasteiger partial charge is 0.325 e. The van der Waals surface area contributed by atoms with E-state index < -0.39 is 0 Å². The number of rotatable bonds is 7. The minimum absolute atomic E-state index is 0.466. The van der Waals surface area contributed by atoms with Gasteiger partial charge in [-0.15, -0.1) is 5.10 Å². The maximum atomic E-state index is 5.82. The summed E-state index contributed by atoms with van der Waals surface area (Å²) in [5.74, 6) is 0. The van der Waals surface area contributed by atoms with E-state index in [4.69, 9.17) is 5.73 Å². The Morgan fingerprint density at radius 3 is 2.50 bits per heavy atom. The lowest BCUT2D eigenvalue weighted by molar-refractivity contribution is 0.312. The fourth-order valence-electron chi connectivity index (χ4n) is 3.13. The number of nitrogens with zero attached hydrogens (tertiary/aromatic N) is 4. The predicted octanol–water partition coefficient (Wildman–Crippen LogP) is 1.62. The van der Waals surface area contributed by atoms with Crippen molar-refractivity contribution < 1.29 is 0 Å². The van der Waals surface area contributed by atoms with Gasteiger partial charge in [-0.25, -0.2) is 4.68 Å². The van der Waals surface area contributed by atoms with Crippen molar-refractivity contribution in [3.05, 3.63) is 47.3 Å². The third-order valence-corrected chi connectivity index (χ3v) is 4.43. The van der Waals surface area contributed by atoms with Gasteiger partial charge in [0.25, 0.3) is 0 Å².